The fourth-order valence-electron chi connectivity index (χ4n) is 3.84. The molecule has 0 saturated heterocycles. The predicted molar refractivity (Wildman–Crippen MR) is 80.6 cm³/mol. The molecule has 0 aromatic rings. The van der Waals surface area contributed by atoms with Crippen molar-refractivity contribution in [1.82, 2.24) is 10.2 Å². The lowest BCUT2D eigenvalue weighted by molar-refractivity contribution is 0.113. The number of amides is 2. The highest BCUT2D eigenvalue weighted by Crippen LogP contribution is 2.40. The monoisotopic (exact) mass is 282 g/mol. The molecule has 0 bridgehead atoms. The van der Waals surface area contributed by atoms with Gasteiger partial charge in [0.25, 0.3) is 0 Å². The first-order valence-electron chi connectivity index (χ1n) is 8.23. The molecule has 0 heterocycles. The predicted octanol–water partition coefficient (Wildman–Crippen LogP) is 2.76. The highest BCUT2D eigenvalue weighted by Gasteiger charge is 2.33. The fraction of sp³-hybridized carbons (Fsp3) is 0.938. The molecule has 2 aliphatic rings. The van der Waals surface area contributed by atoms with E-state index in [1.807, 2.05) is 7.05 Å². The molecule has 2 fully saturated rings. The summed E-state index contributed by atoms with van der Waals surface area (Å²) >= 11 is 0. The topological polar surface area (TPSA) is 52.6 Å². The number of urea groups is 1. The van der Waals surface area contributed by atoms with Crippen molar-refractivity contribution in [2.75, 3.05) is 20.1 Å². The highest BCUT2D eigenvalue weighted by molar-refractivity contribution is 5.73. The molecule has 2 amide bonds. The molecule has 2 saturated carbocycles. The number of rotatable bonds is 5. The summed E-state index contributed by atoms with van der Waals surface area (Å²) < 4.78 is 0. The summed E-state index contributed by atoms with van der Waals surface area (Å²) in [6.07, 6.45) is 9.03. The molecule has 2 unspecified atom stereocenters. The normalized spacial score (nSPS) is 28.6. The van der Waals surface area contributed by atoms with Crippen LogP contribution < -0.4 is 5.32 Å². The van der Waals surface area contributed by atoms with Gasteiger partial charge in [-0.15, -0.1) is 0 Å². The minimum atomic E-state index is -0.220. The lowest BCUT2D eigenvalue weighted by atomic mass is 9.83. The maximum Gasteiger partial charge on any atom is 0.317 e. The summed E-state index contributed by atoms with van der Waals surface area (Å²) in [5.74, 6) is 0.261. The molecule has 2 aliphatic carbocycles. The summed E-state index contributed by atoms with van der Waals surface area (Å²) in [5, 5.41) is 13.0. The van der Waals surface area contributed by atoms with E-state index >= 15 is 0 Å². The number of nitrogens with zero attached hydrogens (tertiary/aromatic N) is 1. The van der Waals surface area contributed by atoms with E-state index in [1.165, 1.54) is 25.7 Å². The van der Waals surface area contributed by atoms with Crippen molar-refractivity contribution in [3.8, 4) is 0 Å². The van der Waals surface area contributed by atoms with E-state index in [0.29, 0.717) is 12.0 Å². The van der Waals surface area contributed by atoms with Crippen molar-refractivity contribution in [2.24, 2.45) is 11.3 Å². The molecule has 0 aliphatic heterocycles. The number of aliphatic hydroxyl groups excluding tert-OH is 1. The quantitative estimate of drug-likeness (QED) is 0.814. The van der Waals surface area contributed by atoms with E-state index in [-0.39, 0.29) is 18.1 Å². The Morgan fingerprint density at radius 1 is 1.30 bits per heavy atom. The third-order valence-corrected chi connectivity index (χ3v) is 5.50. The smallest absolute Gasteiger partial charge is 0.317 e. The van der Waals surface area contributed by atoms with Crippen LogP contribution >= 0.6 is 0 Å². The van der Waals surface area contributed by atoms with Crippen LogP contribution in [0.5, 0.6) is 0 Å². The van der Waals surface area contributed by atoms with Crippen molar-refractivity contribution in [3.05, 3.63) is 0 Å². The average Bonchev–Trinajstić information content (AvgIpc) is 3.07. The van der Waals surface area contributed by atoms with E-state index in [1.54, 1.807) is 4.90 Å². The SMILES string of the molecule is CCC1(CNC(=O)N(C)CC2CCCC2O)CCCC1. The van der Waals surface area contributed by atoms with E-state index < -0.39 is 0 Å². The van der Waals surface area contributed by atoms with Gasteiger partial charge in [0.15, 0.2) is 0 Å². The van der Waals surface area contributed by atoms with Crippen LogP contribution in [-0.4, -0.2) is 42.3 Å². The molecule has 2 N–H and O–H groups in total. The second-order valence-corrected chi connectivity index (χ2v) is 6.86. The van der Waals surface area contributed by atoms with Gasteiger partial charge < -0.3 is 15.3 Å². The van der Waals surface area contributed by atoms with Gasteiger partial charge in [0.1, 0.15) is 0 Å². The van der Waals surface area contributed by atoms with Gasteiger partial charge in [-0.05, 0) is 37.5 Å². The highest BCUT2D eigenvalue weighted by atomic mass is 16.3. The maximum atomic E-state index is 12.2. The maximum absolute atomic E-state index is 12.2. The summed E-state index contributed by atoms with van der Waals surface area (Å²) in [7, 11) is 1.84. The second-order valence-electron chi connectivity index (χ2n) is 6.86. The zero-order valence-corrected chi connectivity index (χ0v) is 13.0. The molecule has 2 atom stereocenters. The van der Waals surface area contributed by atoms with E-state index in [9.17, 15) is 9.90 Å². The Hall–Kier alpha value is -0.770. The van der Waals surface area contributed by atoms with E-state index in [2.05, 4.69) is 12.2 Å². The van der Waals surface area contributed by atoms with Crippen molar-refractivity contribution in [3.63, 3.8) is 0 Å². The van der Waals surface area contributed by atoms with Gasteiger partial charge in [-0.3, -0.25) is 0 Å². The molecule has 0 radical (unpaired) electrons. The Morgan fingerprint density at radius 3 is 2.55 bits per heavy atom. The van der Waals surface area contributed by atoms with E-state index in [0.717, 1.165) is 32.2 Å². The van der Waals surface area contributed by atoms with Gasteiger partial charge in [-0.1, -0.05) is 26.2 Å². The third-order valence-electron chi connectivity index (χ3n) is 5.50. The van der Waals surface area contributed by atoms with Crippen molar-refractivity contribution in [1.29, 1.82) is 0 Å². The van der Waals surface area contributed by atoms with Crippen molar-refractivity contribution in [2.45, 2.75) is 64.4 Å². The molecule has 0 aromatic carbocycles. The van der Waals surface area contributed by atoms with Crippen LogP contribution in [0.25, 0.3) is 0 Å². The molecule has 2 rings (SSSR count). The Balaban J connectivity index is 1.76. The Kier molecular flexibility index (Phi) is 5.30. The number of carbonyl (C=O) groups excluding carboxylic acids is 1. The van der Waals surface area contributed by atoms with Crippen LogP contribution in [0.1, 0.15) is 58.3 Å². The molecule has 4 heteroatoms. The first-order valence-corrected chi connectivity index (χ1v) is 8.23. The summed E-state index contributed by atoms with van der Waals surface area (Å²) in [4.78, 5) is 13.9. The summed E-state index contributed by atoms with van der Waals surface area (Å²) in [5.41, 5.74) is 0.337. The largest absolute Gasteiger partial charge is 0.393 e. The standard InChI is InChI=1S/C16H30N2O2/c1-3-16(9-4-5-10-16)12-17-15(20)18(2)11-13-7-6-8-14(13)19/h13-14,19H,3-12H2,1-2H3,(H,17,20). The lowest BCUT2D eigenvalue weighted by Gasteiger charge is -2.30. The molecule has 0 aromatic heterocycles. The molecule has 116 valence electrons. The van der Waals surface area contributed by atoms with E-state index in [4.69, 9.17) is 0 Å². The molecular formula is C16H30N2O2. The zero-order valence-electron chi connectivity index (χ0n) is 13.0. The van der Waals surface area contributed by atoms with Gasteiger partial charge in [-0.25, -0.2) is 4.79 Å². The molecular weight excluding hydrogens is 252 g/mol. The molecule has 0 spiro atoms. The van der Waals surface area contributed by atoms with Gasteiger partial charge in [0.05, 0.1) is 6.10 Å². The Morgan fingerprint density at radius 2 is 2.00 bits per heavy atom. The number of carbonyl (C=O) groups is 1. The first-order chi connectivity index (χ1) is 9.56. The fourth-order valence-corrected chi connectivity index (χ4v) is 3.84. The number of aliphatic hydroxyl groups is 1. The van der Waals surface area contributed by atoms with Crippen LogP contribution in [0.4, 0.5) is 4.79 Å². The molecule has 20 heavy (non-hydrogen) atoms. The summed E-state index contributed by atoms with van der Waals surface area (Å²) in [6.45, 7) is 3.71. The Labute approximate surface area is 122 Å². The van der Waals surface area contributed by atoms with Crippen LogP contribution in [-0.2, 0) is 0 Å². The Bertz CT molecular complexity index is 326. The van der Waals surface area contributed by atoms with Crippen LogP contribution in [0.15, 0.2) is 0 Å². The van der Waals surface area contributed by atoms with Crippen LogP contribution in [0, 0.1) is 11.3 Å². The van der Waals surface area contributed by atoms with Gasteiger partial charge in [0.2, 0.25) is 0 Å². The zero-order chi connectivity index (χ0) is 14.6. The van der Waals surface area contributed by atoms with Gasteiger partial charge >= 0.3 is 6.03 Å². The average molecular weight is 282 g/mol. The number of hydrogen-bond acceptors (Lipinski definition) is 2. The van der Waals surface area contributed by atoms with Gasteiger partial charge in [0, 0.05) is 26.1 Å². The first kappa shape index (κ1) is 15.6. The number of nitrogens with one attached hydrogen (secondary N) is 1. The summed E-state index contributed by atoms with van der Waals surface area (Å²) in [6, 6.07) is 0.0174. The van der Waals surface area contributed by atoms with Crippen molar-refractivity contribution < 1.29 is 9.90 Å². The minimum Gasteiger partial charge on any atom is -0.393 e. The minimum absolute atomic E-state index is 0.0174. The van der Waals surface area contributed by atoms with Crippen LogP contribution in [0.3, 0.4) is 0 Å². The van der Waals surface area contributed by atoms with Gasteiger partial charge in [-0.2, -0.15) is 0 Å². The second kappa shape index (κ2) is 6.79. The lowest BCUT2D eigenvalue weighted by Crippen LogP contribution is -2.44. The van der Waals surface area contributed by atoms with Crippen LogP contribution in [0.2, 0.25) is 0 Å². The third kappa shape index (κ3) is 3.66. The molecule has 4 nitrogen and oxygen atoms in total. The number of hydrogen-bond donors (Lipinski definition) is 2. The van der Waals surface area contributed by atoms with Crippen molar-refractivity contribution >= 4 is 6.03 Å².